The molecular formula is C10H9ClO2. The van der Waals surface area contributed by atoms with Crippen molar-refractivity contribution >= 4 is 17.4 Å². The molecule has 0 aliphatic carbocycles. The lowest BCUT2D eigenvalue weighted by Gasteiger charge is -2.04. The largest absolute Gasteiger partial charge is 0.482 e. The lowest BCUT2D eigenvalue weighted by Crippen LogP contribution is -2.14. The topological polar surface area (TPSA) is 26.3 Å². The molecule has 0 aromatic heterocycles. The molecule has 1 aliphatic heterocycles. The highest BCUT2D eigenvalue weighted by Gasteiger charge is 2.30. The highest BCUT2D eigenvalue weighted by atomic mass is 35.5. The average molecular weight is 197 g/mol. The zero-order chi connectivity index (χ0) is 9.59. The number of aryl methyl sites for hydroxylation is 1. The predicted octanol–water partition coefficient (Wildman–Crippen LogP) is 2.61. The molecule has 13 heavy (non-hydrogen) atoms. The molecule has 1 aliphatic rings. The van der Waals surface area contributed by atoms with Gasteiger partial charge < -0.3 is 4.74 Å². The van der Waals surface area contributed by atoms with E-state index in [4.69, 9.17) is 16.3 Å². The van der Waals surface area contributed by atoms with E-state index in [1.54, 1.807) is 19.1 Å². The van der Waals surface area contributed by atoms with Crippen molar-refractivity contribution in [3.8, 4) is 5.75 Å². The number of carbonyl (C=O) groups excluding carboxylic acids is 1. The van der Waals surface area contributed by atoms with E-state index in [9.17, 15) is 4.79 Å². The van der Waals surface area contributed by atoms with Crippen LogP contribution in [0.15, 0.2) is 12.1 Å². The summed E-state index contributed by atoms with van der Waals surface area (Å²) >= 11 is 5.83. The lowest BCUT2D eigenvalue weighted by atomic mass is 10.1. The number of fused-ring (bicyclic) bond motifs is 1. The van der Waals surface area contributed by atoms with E-state index in [2.05, 4.69) is 0 Å². The van der Waals surface area contributed by atoms with Gasteiger partial charge in [-0.3, -0.25) is 4.79 Å². The number of ketones is 1. The Morgan fingerprint density at radius 3 is 2.85 bits per heavy atom. The Morgan fingerprint density at radius 1 is 1.46 bits per heavy atom. The first-order chi connectivity index (χ1) is 6.09. The SMILES string of the molecule is Cc1cc(Cl)cc2c1OC(C)C2=O. The summed E-state index contributed by atoms with van der Waals surface area (Å²) in [7, 11) is 0. The van der Waals surface area contributed by atoms with Crippen molar-refractivity contribution in [3.63, 3.8) is 0 Å². The maximum absolute atomic E-state index is 11.5. The third-order valence-electron chi connectivity index (χ3n) is 2.17. The molecule has 1 atom stereocenters. The van der Waals surface area contributed by atoms with Gasteiger partial charge in [-0.15, -0.1) is 0 Å². The highest BCUT2D eigenvalue weighted by molar-refractivity contribution is 6.31. The molecule has 0 N–H and O–H groups in total. The van der Waals surface area contributed by atoms with Crippen LogP contribution in [0.4, 0.5) is 0 Å². The number of halogens is 1. The zero-order valence-electron chi connectivity index (χ0n) is 7.43. The minimum atomic E-state index is -0.368. The first-order valence-corrected chi connectivity index (χ1v) is 4.48. The molecule has 0 saturated heterocycles. The van der Waals surface area contributed by atoms with E-state index in [0.717, 1.165) is 5.56 Å². The van der Waals surface area contributed by atoms with Crippen LogP contribution < -0.4 is 4.74 Å². The van der Waals surface area contributed by atoms with Crippen LogP contribution in [0.1, 0.15) is 22.8 Å². The summed E-state index contributed by atoms with van der Waals surface area (Å²) in [6.45, 7) is 3.63. The van der Waals surface area contributed by atoms with Crippen molar-refractivity contribution in [1.29, 1.82) is 0 Å². The van der Waals surface area contributed by atoms with Gasteiger partial charge in [0.15, 0.2) is 6.10 Å². The zero-order valence-corrected chi connectivity index (χ0v) is 8.18. The first-order valence-electron chi connectivity index (χ1n) is 4.10. The second kappa shape index (κ2) is 2.74. The minimum absolute atomic E-state index is 0.0144. The van der Waals surface area contributed by atoms with Crippen LogP contribution in [-0.2, 0) is 0 Å². The summed E-state index contributed by atoms with van der Waals surface area (Å²) in [5.41, 5.74) is 1.53. The molecule has 1 aromatic carbocycles. The number of Topliss-reactive ketones (excluding diaryl/α,β-unsaturated/α-hetero) is 1. The number of ether oxygens (including phenoxy) is 1. The Morgan fingerprint density at radius 2 is 2.15 bits per heavy atom. The molecule has 3 heteroatoms. The van der Waals surface area contributed by atoms with Gasteiger partial charge in [-0.25, -0.2) is 0 Å². The Balaban J connectivity index is 2.64. The third-order valence-corrected chi connectivity index (χ3v) is 2.39. The van der Waals surface area contributed by atoms with Crippen LogP contribution in [0.3, 0.4) is 0 Å². The molecule has 2 nitrogen and oxygen atoms in total. The number of hydrogen-bond donors (Lipinski definition) is 0. The molecule has 0 fully saturated rings. The van der Waals surface area contributed by atoms with Gasteiger partial charge in [-0.05, 0) is 31.5 Å². The van der Waals surface area contributed by atoms with E-state index in [1.165, 1.54) is 0 Å². The van der Waals surface area contributed by atoms with Gasteiger partial charge in [0.1, 0.15) is 5.75 Å². The molecule has 0 bridgehead atoms. The Hall–Kier alpha value is -1.02. The fourth-order valence-electron chi connectivity index (χ4n) is 1.52. The number of hydrogen-bond acceptors (Lipinski definition) is 2. The van der Waals surface area contributed by atoms with Crippen molar-refractivity contribution in [2.45, 2.75) is 20.0 Å². The van der Waals surface area contributed by atoms with E-state index in [0.29, 0.717) is 16.3 Å². The standard InChI is InChI=1S/C10H9ClO2/c1-5-3-7(11)4-8-9(12)6(2)13-10(5)8/h3-4,6H,1-2H3. The van der Waals surface area contributed by atoms with E-state index in [-0.39, 0.29) is 11.9 Å². The van der Waals surface area contributed by atoms with Gasteiger partial charge in [0.25, 0.3) is 0 Å². The van der Waals surface area contributed by atoms with Gasteiger partial charge in [0.2, 0.25) is 5.78 Å². The molecule has 1 unspecified atom stereocenters. The Kier molecular flexibility index (Phi) is 1.81. The summed E-state index contributed by atoms with van der Waals surface area (Å²) in [5, 5.41) is 0.585. The van der Waals surface area contributed by atoms with Gasteiger partial charge in [0.05, 0.1) is 5.56 Å². The summed E-state index contributed by atoms with van der Waals surface area (Å²) in [6, 6.07) is 3.46. The van der Waals surface area contributed by atoms with Gasteiger partial charge in [-0.1, -0.05) is 11.6 Å². The van der Waals surface area contributed by atoms with Crippen LogP contribution in [0, 0.1) is 6.92 Å². The quantitative estimate of drug-likeness (QED) is 0.638. The summed E-state index contributed by atoms with van der Waals surface area (Å²) in [4.78, 5) is 11.5. The van der Waals surface area contributed by atoms with Crippen LogP contribution >= 0.6 is 11.6 Å². The van der Waals surface area contributed by atoms with E-state index in [1.807, 2.05) is 6.92 Å². The summed E-state index contributed by atoms with van der Waals surface area (Å²) < 4.78 is 5.40. The minimum Gasteiger partial charge on any atom is -0.482 e. The maximum atomic E-state index is 11.5. The maximum Gasteiger partial charge on any atom is 0.206 e. The Labute approximate surface area is 81.5 Å². The molecule has 1 aromatic rings. The molecule has 1 heterocycles. The van der Waals surface area contributed by atoms with Crippen molar-refractivity contribution < 1.29 is 9.53 Å². The molecular weight excluding hydrogens is 188 g/mol. The number of rotatable bonds is 0. The van der Waals surface area contributed by atoms with Crippen molar-refractivity contribution in [1.82, 2.24) is 0 Å². The van der Waals surface area contributed by atoms with Gasteiger partial charge in [0, 0.05) is 5.02 Å². The third kappa shape index (κ3) is 1.22. The van der Waals surface area contributed by atoms with Crippen molar-refractivity contribution in [2.75, 3.05) is 0 Å². The van der Waals surface area contributed by atoms with Crippen LogP contribution in [-0.4, -0.2) is 11.9 Å². The summed E-state index contributed by atoms with van der Waals surface area (Å²) in [5.74, 6) is 0.697. The second-order valence-corrected chi connectivity index (χ2v) is 3.66. The number of carbonyl (C=O) groups is 1. The fraction of sp³-hybridized carbons (Fsp3) is 0.300. The van der Waals surface area contributed by atoms with Crippen molar-refractivity contribution in [3.05, 3.63) is 28.3 Å². The molecule has 0 saturated carbocycles. The molecule has 0 radical (unpaired) electrons. The molecule has 68 valence electrons. The predicted molar refractivity (Wildman–Crippen MR) is 50.6 cm³/mol. The second-order valence-electron chi connectivity index (χ2n) is 3.22. The molecule has 0 spiro atoms. The van der Waals surface area contributed by atoms with Gasteiger partial charge in [-0.2, -0.15) is 0 Å². The van der Waals surface area contributed by atoms with Crippen LogP contribution in [0.5, 0.6) is 5.75 Å². The Bertz CT molecular complexity index is 385. The molecule has 0 amide bonds. The number of benzene rings is 1. The first kappa shape index (κ1) is 8.57. The summed E-state index contributed by atoms with van der Waals surface area (Å²) in [6.07, 6.45) is -0.368. The highest BCUT2D eigenvalue weighted by Crippen LogP contribution is 2.34. The van der Waals surface area contributed by atoms with Gasteiger partial charge >= 0.3 is 0 Å². The van der Waals surface area contributed by atoms with E-state index >= 15 is 0 Å². The monoisotopic (exact) mass is 196 g/mol. The van der Waals surface area contributed by atoms with Crippen molar-refractivity contribution in [2.24, 2.45) is 0 Å². The fourth-order valence-corrected chi connectivity index (χ4v) is 1.79. The average Bonchev–Trinajstić information content (AvgIpc) is 2.32. The van der Waals surface area contributed by atoms with Crippen LogP contribution in [0.25, 0.3) is 0 Å². The normalized spacial score (nSPS) is 19.9. The smallest absolute Gasteiger partial charge is 0.206 e. The lowest BCUT2D eigenvalue weighted by molar-refractivity contribution is 0.0878. The molecule has 2 rings (SSSR count). The van der Waals surface area contributed by atoms with E-state index < -0.39 is 0 Å². The van der Waals surface area contributed by atoms with Crippen LogP contribution in [0.2, 0.25) is 5.02 Å².